The van der Waals surface area contributed by atoms with Crippen LogP contribution in [0.2, 0.25) is 0 Å². The van der Waals surface area contributed by atoms with Gasteiger partial charge < -0.3 is 5.32 Å². The van der Waals surface area contributed by atoms with Crippen molar-refractivity contribution >= 4 is 5.91 Å². The van der Waals surface area contributed by atoms with Crippen LogP contribution in [-0.4, -0.2) is 49.9 Å². The summed E-state index contributed by atoms with van der Waals surface area (Å²) in [5.74, 6) is 1.44. The number of nitrogens with one attached hydrogen (secondary N) is 1. The molecular formula is C23H32N6O. The van der Waals surface area contributed by atoms with Crippen LogP contribution in [-0.2, 0) is 19.4 Å². The van der Waals surface area contributed by atoms with Gasteiger partial charge in [-0.05, 0) is 51.1 Å². The number of nitrogens with zero attached hydrogens (tertiary/aromatic N) is 5. The average molecular weight is 409 g/mol. The van der Waals surface area contributed by atoms with Crippen LogP contribution in [0.15, 0.2) is 24.9 Å². The van der Waals surface area contributed by atoms with Crippen molar-refractivity contribution in [3.63, 3.8) is 0 Å². The minimum Gasteiger partial charge on any atom is -0.349 e. The van der Waals surface area contributed by atoms with Gasteiger partial charge in [0.2, 0.25) is 0 Å². The molecule has 0 aromatic carbocycles. The molecule has 0 radical (unpaired) electrons. The first-order valence-corrected chi connectivity index (χ1v) is 11.3. The van der Waals surface area contributed by atoms with Gasteiger partial charge in [-0.2, -0.15) is 0 Å². The summed E-state index contributed by atoms with van der Waals surface area (Å²) < 4.78 is 0. The average Bonchev–Trinajstić information content (AvgIpc) is 3.29. The van der Waals surface area contributed by atoms with Gasteiger partial charge in [0.25, 0.3) is 5.91 Å². The maximum Gasteiger partial charge on any atom is 0.254 e. The molecule has 2 fully saturated rings. The minimum absolute atomic E-state index is 0.00883. The zero-order chi connectivity index (χ0) is 20.8. The van der Waals surface area contributed by atoms with Crippen LogP contribution in [0, 0.1) is 5.92 Å². The van der Waals surface area contributed by atoms with Crippen LogP contribution in [0.1, 0.15) is 72.9 Å². The number of likely N-dealkylation sites (tertiary alicyclic amines) is 1. The van der Waals surface area contributed by atoms with Crippen molar-refractivity contribution in [1.82, 2.24) is 30.2 Å². The Balaban J connectivity index is 1.30. The Morgan fingerprint density at radius 1 is 1.07 bits per heavy atom. The quantitative estimate of drug-likeness (QED) is 0.758. The lowest BCUT2D eigenvalue weighted by atomic mass is 9.90. The number of amides is 1. The zero-order valence-electron chi connectivity index (χ0n) is 17.9. The van der Waals surface area contributed by atoms with E-state index in [1.807, 2.05) is 12.4 Å². The second-order valence-electron chi connectivity index (χ2n) is 8.62. The lowest BCUT2D eigenvalue weighted by Crippen LogP contribution is -2.35. The number of aryl methyl sites for hydroxylation is 1. The van der Waals surface area contributed by atoms with E-state index in [1.165, 1.54) is 18.4 Å². The number of rotatable bonds is 7. The van der Waals surface area contributed by atoms with E-state index >= 15 is 0 Å². The molecule has 3 heterocycles. The van der Waals surface area contributed by atoms with Gasteiger partial charge in [0.15, 0.2) is 0 Å². The number of carbonyl (C=O) groups excluding carboxylic acids is 1. The van der Waals surface area contributed by atoms with Crippen molar-refractivity contribution in [2.24, 2.45) is 5.92 Å². The molecular weight excluding hydrogens is 376 g/mol. The van der Waals surface area contributed by atoms with E-state index < -0.39 is 0 Å². The highest BCUT2D eigenvalue weighted by Crippen LogP contribution is 2.24. The van der Waals surface area contributed by atoms with Crippen LogP contribution in [0.3, 0.4) is 0 Å². The lowest BCUT2D eigenvalue weighted by molar-refractivity contribution is 0.0935. The van der Waals surface area contributed by atoms with Crippen LogP contribution >= 0.6 is 0 Å². The SMILES string of the molecule is CCc1ncc(CN2CCC(Cc3ncncc3C(=O)NC3CCCC3)CC2)cn1. The molecule has 160 valence electrons. The molecule has 1 amide bonds. The van der Waals surface area contributed by atoms with Crippen LogP contribution < -0.4 is 5.32 Å². The smallest absolute Gasteiger partial charge is 0.254 e. The van der Waals surface area contributed by atoms with E-state index in [-0.39, 0.29) is 5.91 Å². The summed E-state index contributed by atoms with van der Waals surface area (Å²) in [4.78, 5) is 32.6. The van der Waals surface area contributed by atoms with E-state index in [4.69, 9.17) is 0 Å². The first kappa shape index (κ1) is 20.8. The van der Waals surface area contributed by atoms with Crippen LogP contribution in [0.25, 0.3) is 0 Å². The van der Waals surface area contributed by atoms with E-state index in [2.05, 4.69) is 37.1 Å². The predicted octanol–water partition coefficient (Wildman–Crippen LogP) is 2.96. The topological polar surface area (TPSA) is 83.9 Å². The number of piperidine rings is 1. The molecule has 2 aromatic heterocycles. The highest BCUT2D eigenvalue weighted by atomic mass is 16.1. The molecule has 0 atom stereocenters. The summed E-state index contributed by atoms with van der Waals surface area (Å²) in [6.07, 6.45) is 15.7. The van der Waals surface area contributed by atoms with Gasteiger partial charge in [-0.3, -0.25) is 9.69 Å². The summed E-state index contributed by atoms with van der Waals surface area (Å²) in [5.41, 5.74) is 2.72. The molecule has 0 spiro atoms. The third-order valence-electron chi connectivity index (χ3n) is 6.40. The van der Waals surface area contributed by atoms with E-state index in [0.717, 1.165) is 69.7 Å². The number of hydrogen-bond acceptors (Lipinski definition) is 6. The van der Waals surface area contributed by atoms with Gasteiger partial charge in [0.1, 0.15) is 12.2 Å². The molecule has 7 heteroatoms. The molecule has 2 aliphatic rings. The third-order valence-corrected chi connectivity index (χ3v) is 6.40. The largest absolute Gasteiger partial charge is 0.349 e. The Morgan fingerprint density at radius 3 is 2.50 bits per heavy atom. The molecule has 1 aliphatic carbocycles. The van der Waals surface area contributed by atoms with Crippen molar-refractivity contribution in [2.45, 2.75) is 70.9 Å². The molecule has 1 aliphatic heterocycles. The fourth-order valence-electron chi connectivity index (χ4n) is 4.57. The second-order valence-corrected chi connectivity index (χ2v) is 8.62. The van der Waals surface area contributed by atoms with Crippen LogP contribution in [0.4, 0.5) is 0 Å². The van der Waals surface area contributed by atoms with Gasteiger partial charge >= 0.3 is 0 Å². The van der Waals surface area contributed by atoms with Gasteiger partial charge in [-0.15, -0.1) is 0 Å². The maximum atomic E-state index is 12.8. The molecule has 30 heavy (non-hydrogen) atoms. The van der Waals surface area contributed by atoms with Crippen molar-refractivity contribution in [2.75, 3.05) is 13.1 Å². The highest BCUT2D eigenvalue weighted by Gasteiger charge is 2.24. The highest BCUT2D eigenvalue weighted by molar-refractivity contribution is 5.95. The van der Waals surface area contributed by atoms with E-state index in [9.17, 15) is 4.79 Å². The van der Waals surface area contributed by atoms with Gasteiger partial charge in [-0.25, -0.2) is 19.9 Å². The van der Waals surface area contributed by atoms with Crippen LogP contribution in [0.5, 0.6) is 0 Å². The first-order chi connectivity index (χ1) is 14.7. The number of aromatic nitrogens is 4. The molecule has 0 unspecified atom stereocenters. The molecule has 7 nitrogen and oxygen atoms in total. The Labute approximate surface area is 178 Å². The Kier molecular flexibility index (Phi) is 7.00. The third kappa shape index (κ3) is 5.39. The van der Waals surface area contributed by atoms with Gasteiger partial charge in [0, 0.05) is 43.2 Å². The normalized spacial score (nSPS) is 18.6. The summed E-state index contributed by atoms with van der Waals surface area (Å²) in [6.45, 7) is 5.07. The second kappa shape index (κ2) is 10.1. The minimum atomic E-state index is -0.00883. The lowest BCUT2D eigenvalue weighted by Gasteiger charge is -2.32. The molecule has 4 rings (SSSR count). The fraction of sp³-hybridized carbons (Fsp3) is 0.609. The van der Waals surface area contributed by atoms with Crippen molar-refractivity contribution in [3.8, 4) is 0 Å². The monoisotopic (exact) mass is 408 g/mol. The van der Waals surface area contributed by atoms with E-state index in [1.54, 1.807) is 12.5 Å². The van der Waals surface area contributed by atoms with Crippen molar-refractivity contribution in [3.05, 3.63) is 47.6 Å². The summed E-state index contributed by atoms with van der Waals surface area (Å²) in [7, 11) is 0. The molecule has 1 saturated carbocycles. The summed E-state index contributed by atoms with van der Waals surface area (Å²) >= 11 is 0. The van der Waals surface area contributed by atoms with Crippen molar-refractivity contribution < 1.29 is 4.79 Å². The summed E-state index contributed by atoms with van der Waals surface area (Å²) in [5, 5.41) is 3.18. The maximum absolute atomic E-state index is 12.8. The number of carbonyl (C=O) groups is 1. The first-order valence-electron chi connectivity index (χ1n) is 11.3. The summed E-state index contributed by atoms with van der Waals surface area (Å²) in [6, 6.07) is 0.309. The zero-order valence-corrected chi connectivity index (χ0v) is 17.9. The standard InChI is InChI=1S/C23H32N6O/c1-2-22-25-12-18(13-26-22)15-29-9-7-17(8-10-29)11-21-20(14-24-16-27-21)23(30)28-19-5-3-4-6-19/h12-14,16-17,19H,2-11,15H2,1H3,(H,28,30). The number of hydrogen-bond donors (Lipinski definition) is 1. The molecule has 0 bridgehead atoms. The fourth-order valence-corrected chi connectivity index (χ4v) is 4.57. The van der Waals surface area contributed by atoms with Gasteiger partial charge in [0.05, 0.1) is 11.3 Å². The molecule has 1 N–H and O–H groups in total. The van der Waals surface area contributed by atoms with Gasteiger partial charge in [-0.1, -0.05) is 19.8 Å². The Bertz CT molecular complexity index is 826. The van der Waals surface area contributed by atoms with E-state index in [0.29, 0.717) is 17.5 Å². The Morgan fingerprint density at radius 2 is 1.80 bits per heavy atom. The predicted molar refractivity (Wildman–Crippen MR) is 115 cm³/mol. The van der Waals surface area contributed by atoms with Crippen molar-refractivity contribution in [1.29, 1.82) is 0 Å². The molecule has 1 saturated heterocycles. The molecule has 2 aromatic rings. The Hall–Kier alpha value is -2.41.